The molecule has 1 rings (SSSR count). The van der Waals surface area contributed by atoms with Crippen molar-refractivity contribution in [2.24, 2.45) is 5.92 Å². The highest BCUT2D eigenvalue weighted by Gasteiger charge is 2.45. The number of carboxylic acid groups (broad SMARTS) is 1. The summed E-state index contributed by atoms with van der Waals surface area (Å²) >= 11 is 9.67. The van der Waals surface area contributed by atoms with E-state index in [0.717, 1.165) is 0 Å². The van der Waals surface area contributed by atoms with Gasteiger partial charge in [-0.15, -0.1) is 0 Å². The first-order valence-electron chi connectivity index (χ1n) is 2.89. The third kappa shape index (κ3) is 2.06. The molecule has 0 heterocycles. The van der Waals surface area contributed by atoms with Crippen molar-refractivity contribution in [1.29, 1.82) is 0 Å². The van der Waals surface area contributed by atoms with Crippen molar-refractivity contribution in [3.05, 3.63) is 12.2 Å². The summed E-state index contributed by atoms with van der Waals surface area (Å²) in [7, 11) is 0. The van der Waals surface area contributed by atoms with Gasteiger partial charge in [0.2, 0.25) is 0 Å². The van der Waals surface area contributed by atoms with Crippen LogP contribution in [0.5, 0.6) is 0 Å². The minimum atomic E-state index is -0.882. The van der Waals surface area contributed by atoms with Gasteiger partial charge in [-0.05, 0) is 0 Å². The minimum Gasteiger partial charge on any atom is -0.480 e. The van der Waals surface area contributed by atoms with Crippen molar-refractivity contribution in [2.45, 2.75) is 8.06 Å². The Hall–Kier alpha value is 0.650. The largest absolute Gasteiger partial charge is 0.480 e. The second-order valence-electron chi connectivity index (χ2n) is 2.29. The second kappa shape index (κ2) is 3.18. The van der Waals surface area contributed by atoms with Crippen LogP contribution >= 0.6 is 47.8 Å². The molecule has 1 N–H and O–H groups in total. The Labute approximate surface area is 89.4 Å². The Morgan fingerprint density at radius 3 is 2.27 bits per heavy atom. The lowest BCUT2D eigenvalue weighted by Crippen LogP contribution is -2.34. The van der Waals surface area contributed by atoms with E-state index in [4.69, 9.17) is 5.11 Å². The minimum absolute atomic E-state index is 0.183. The van der Waals surface area contributed by atoms with Gasteiger partial charge in [0, 0.05) is 5.92 Å². The van der Waals surface area contributed by atoms with Crippen LogP contribution in [0, 0.1) is 5.92 Å². The Balaban J connectivity index is 2.62. The maximum atomic E-state index is 10.5. The molecular weight excluding hydrogens is 344 g/mol. The third-order valence-electron chi connectivity index (χ3n) is 1.38. The highest BCUT2D eigenvalue weighted by molar-refractivity contribution is 9.26. The third-order valence-corrected chi connectivity index (χ3v) is 5.70. The summed E-state index contributed by atoms with van der Waals surface area (Å²) in [4.78, 5) is 9.91. The molecule has 1 aliphatic rings. The fourth-order valence-electron chi connectivity index (χ4n) is 0.646. The first kappa shape index (κ1) is 9.74. The molecule has 1 unspecified atom stereocenters. The number of alkyl halides is 3. The molecule has 62 valence electrons. The lowest BCUT2D eigenvalue weighted by molar-refractivity contribution is -0.136. The molecule has 1 aliphatic carbocycles. The van der Waals surface area contributed by atoms with Crippen LogP contribution in [0.2, 0.25) is 0 Å². The van der Waals surface area contributed by atoms with Gasteiger partial charge in [-0.2, -0.15) is 0 Å². The van der Waals surface area contributed by atoms with E-state index in [0.29, 0.717) is 0 Å². The van der Waals surface area contributed by atoms with E-state index in [2.05, 4.69) is 47.8 Å². The van der Waals surface area contributed by atoms with Crippen LogP contribution < -0.4 is 0 Å². The van der Waals surface area contributed by atoms with E-state index in [1.54, 1.807) is 0 Å². The van der Waals surface area contributed by atoms with Gasteiger partial charge >= 0.3 is 5.97 Å². The molecule has 0 aliphatic heterocycles. The van der Waals surface area contributed by atoms with Crippen LogP contribution in [0.25, 0.3) is 0 Å². The fourth-order valence-corrected chi connectivity index (χ4v) is 1.95. The molecule has 0 fully saturated rings. The zero-order chi connectivity index (χ0) is 8.65. The maximum Gasteiger partial charge on any atom is 0.319 e. The molecule has 0 aromatic carbocycles. The molecule has 0 radical (unpaired) electrons. The quantitative estimate of drug-likeness (QED) is 0.628. The van der Waals surface area contributed by atoms with E-state index < -0.39 is 14.0 Å². The second-order valence-corrected chi connectivity index (χ2v) is 6.89. The lowest BCUT2D eigenvalue weighted by atomic mass is 10.2. The van der Waals surface area contributed by atoms with E-state index in [1.807, 2.05) is 12.2 Å². The van der Waals surface area contributed by atoms with Crippen molar-refractivity contribution in [3.8, 4) is 0 Å². The summed E-state index contributed by atoms with van der Waals surface area (Å²) in [6.45, 7) is 0. The number of hydrogen-bond acceptors (Lipinski definition) is 1. The van der Waals surface area contributed by atoms with Gasteiger partial charge in [0.25, 0.3) is 0 Å². The van der Waals surface area contributed by atoms with Crippen molar-refractivity contribution in [3.63, 3.8) is 0 Å². The molecule has 0 bridgehead atoms. The Morgan fingerprint density at radius 1 is 1.55 bits per heavy atom. The first-order chi connectivity index (χ1) is 4.96. The van der Waals surface area contributed by atoms with Gasteiger partial charge in [0.05, 0.1) is 0 Å². The van der Waals surface area contributed by atoms with Crippen molar-refractivity contribution in [1.82, 2.24) is 0 Å². The highest BCUT2D eigenvalue weighted by Crippen LogP contribution is 2.47. The first-order valence-corrected chi connectivity index (χ1v) is 5.39. The van der Waals surface area contributed by atoms with Crippen LogP contribution in [0.4, 0.5) is 0 Å². The van der Waals surface area contributed by atoms with Gasteiger partial charge in [-0.1, -0.05) is 59.9 Å². The van der Waals surface area contributed by atoms with E-state index in [1.165, 1.54) is 0 Å². The summed E-state index contributed by atoms with van der Waals surface area (Å²) in [5.41, 5.74) is 0. The summed E-state index contributed by atoms with van der Waals surface area (Å²) in [6.07, 6.45) is 3.86. The molecule has 0 saturated carbocycles. The van der Waals surface area contributed by atoms with Crippen molar-refractivity contribution < 1.29 is 9.90 Å². The number of carbonyl (C=O) groups is 1. The van der Waals surface area contributed by atoms with Gasteiger partial charge in [0.15, 0.2) is 0 Å². The Morgan fingerprint density at radius 2 is 2.00 bits per heavy atom. The van der Waals surface area contributed by atoms with E-state index in [9.17, 15) is 4.79 Å². The molecule has 0 amide bonds. The predicted octanol–water partition coefficient (Wildman–Crippen LogP) is 2.51. The SMILES string of the molecule is O=C(O)C(Br)C(Br)(Br)C1C=C1. The number of hydrogen-bond donors (Lipinski definition) is 1. The van der Waals surface area contributed by atoms with Gasteiger partial charge in [-0.25, -0.2) is 0 Å². The highest BCUT2D eigenvalue weighted by atomic mass is 79.9. The standard InChI is InChI=1S/C6H5Br3O2/c7-4(5(10)11)6(8,9)3-1-2-3/h1-4H,(H,10,11). The Bertz CT molecular complexity index is 206. The molecule has 1 atom stereocenters. The van der Waals surface area contributed by atoms with Crippen LogP contribution in [0.3, 0.4) is 0 Å². The fraction of sp³-hybridized carbons (Fsp3) is 0.500. The van der Waals surface area contributed by atoms with Crippen LogP contribution in [0.1, 0.15) is 0 Å². The topological polar surface area (TPSA) is 37.3 Å². The molecule has 11 heavy (non-hydrogen) atoms. The van der Waals surface area contributed by atoms with Crippen LogP contribution in [-0.4, -0.2) is 19.1 Å². The molecule has 0 aromatic rings. The number of carboxylic acids is 1. The molecule has 0 aromatic heterocycles. The summed E-state index contributed by atoms with van der Waals surface area (Å²) in [5, 5.41) is 8.66. The average Bonchev–Trinajstić information content (AvgIpc) is 2.66. The van der Waals surface area contributed by atoms with Gasteiger partial charge < -0.3 is 5.11 Å². The zero-order valence-corrected chi connectivity index (χ0v) is 10.1. The van der Waals surface area contributed by atoms with Crippen molar-refractivity contribution >= 4 is 53.8 Å². The number of halogens is 3. The normalized spacial score (nSPS) is 19.9. The number of aliphatic carboxylic acids is 1. The number of allylic oxidation sites excluding steroid dienone is 2. The maximum absolute atomic E-state index is 10.5. The molecule has 5 heteroatoms. The molecule has 0 spiro atoms. The predicted molar refractivity (Wildman–Crippen MR) is 53.6 cm³/mol. The zero-order valence-electron chi connectivity index (χ0n) is 5.30. The molecular formula is C6H5Br3O2. The Kier molecular flexibility index (Phi) is 2.82. The van der Waals surface area contributed by atoms with Crippen molar-refractivity contribution in [2.75, 3.05) is 0 Å². The van der Waals surface area contributed by atoms with Gasteiger partial charge in [0.1, 0.15) is 8.06 Å². The van der Waals surface area contributed by atoms with Crippen LogP contribution in [0.15, 0.2) is 12.2 Å². The summed E-state index contributed by atoms with van der Waals surface area (Å²) in [6, 6.07) is 0. The average molecular weight is 349 g/mol. The van der Waals surface area contributed by atoms with E-state index in [-0.39, 0.29) is 5.92 Å². The summed E-state index contributed by atoms with van der Waals surface area (Å²) < 4.78 is -0.578. The van der Waals surface area contributed by atoms with E-state index >= 15 is 0 Å². The smallest absolute Gasteiger partial charge is 0.319 e. The molecule has 2 nitrogen and oxygen atoms in total. The molecule has 0 saturated heterocycles. The van der Waals surface area contributed by atoms with Gasteiger partial charge in [-0.3, -0.25) is 4.79 Å². The summed E-state index contributed by atoms with van der Waals surface area (Å²) in [5.74, 6) is -0.699. The number of rotatable bonds is 3. The lowest BCUT2D eigenvalue weighted by Gasteiger charge is -2.22. The van der Waals surface area contributed by atoms with Crippen LogP contribution in [-0.2, 0) is 4.79 Å². The monoisotopic (exact) mass is 346 g/mol.